The molecule has 0 radical (unpaired) electrons. The van der Waals surface area contributed by atoms with E-state index in [-0.39, 0.29) is 5.91 Å². The smallest absolute Gasteiger partial charge is 0.229 e. The van der Waals surface area contributed by atoms with Crippen molar-refractivity contribution in [3.05, 3.63) is 16.6 Å². The number of hydrogen-bond acceptors (Lipinski definition) is 4. The van der Waals surface area contributed by atoms with Crippen molar-refractivity contribution in [2.24, 2.45) is 5.92 Å². The molecule has 3 rings (SSSR count). The van der Waals surface area contributed by atoms with Crippen LogP contribution in [0.4, 0.5) is 0 Å². The molecule has 0 N–H and O–H groups in total. The van der Waals surface area contributed by atoms with Crippen molar-refractivity contribution in [3.8, 4) is 0 Å². The molecule has 1 aromatic heterocycles. The van der Waals surface area contributed by atoms with Gasteiger partial charge in [-0.15, -0.1) is 11.3 Å². The Balaban J connectivity index is 1.65. The van der Waals surface area contributed by atoms with Crippen LogP contribution in [0.25, 0.3) is 0 Å². The van der Waals surface area contributed by atoms with Crippen LogP contribution in [0.3, 0.4) is 0 Å². The lowest BCUT2D eigenvalue weighted by Gasteiger charge is -2.43. The quantitative estimate of drug-likeness (QED) is 0.836. The van der Waals surface area contributed by atoms with Crippen molar-refractivity contribution in [1.82, 2.24) is 9.88 Å². The lowest BCUT2D eigenvalue weighted by molar-refractivity contribution is -0.143. The second-order valence-corrected chi connectivity index (χ2v) is 5.80. The number of thiazole rings is 1. The van der Waals surface area contributed by atoms with Crippen molar-refractivity contribution in [1.29, 1.82) is 0 Å². The normalized spacial score (nSPS) is 24.9. The van der Waals surface area contributed by atoms with Crippen molar-refractivity contribution >= 4 is 17.2 Å². The lowest BCUT2D eigenvalue weighted by atomic mass is 9.79. The van der Waals surface area contributed by atoms with Gasteiger partial charge in [-0.05, 0) is 18.8 Å². The first-order valence-electron chi connectivity index (χ1n) is 6.59. The van der Waals surface area contributed by atoms with E-state index in [0.29, 0.717) is 31.6 Å². The van der Waals surface area contributed by atoms with Crippen molar-refractivity contribution in [3.63, 3.8) is 0 Å². The third kappa shape index (κ3) is 2.42. The van der Waals surface area contributed by atoms with Gasteiger partial charge in [0.05, 0.1) is 36.9 Å². The molecule has 1 saturated heterocycles. The van der Waals surface area contributed by atoms with E-state index in [1.807, 2.05) is 10.3 Å². The van der Waals surface area contributed by atoms with E-state index < -0.39 is 0 Å². The molecule has 2 fully saturated rings. The number of carbonyl (C=O) groups excluding carboxylic acids is 1. The molecule has 0 aromatic carbocycles. The Morgan fingerprint density at radius 2 is 2.44 bits per heavy atom. The van der Waals surface area contributed by atoms with E-state index >= 15 is 0 Å². The van der Waals surface area contributed by atoms with Crippen LogP contribution >= 0.6 is 11.3 Å². The number of rotatable bonds is 3. The average Bonchev–Trinajstić information content (AvgIpc) is 2.80. The minimum Gasteiger partial charge on any atom is -0.377 e. The number of aromatic nitrogens is 1. The Labute approximate surface area is 111 Å². The molecule has 2 heterocycles. The van der Waals surface area contributed by atoms with Gasteiger partial charge in [0, 0.05) is 11.9 Å². The molecule has 4 nitrogen and oxygen atoms in total. The van der Waals surface area contributed by atoms with Gasteiger partial charge >= 0.3 is 0 Å². The first kappa shape index (κ1) is 12.1. The Kier molecular flexibility index (Phi) is 3.61. The Morgan fingerprint density at radius 1 is 1.56 bits per heavy atom. The summed E-state index contributed by atoms with van der Waals surface area (Å²) in [5.74, 6) is 0.866. The van der Waals surface area contributed by atoms with Gasteiger partial charge in [-0.3, -0.25) is 4.79 Å². The van der Waals surface area contributed by atoms with Crippen LogP contribution in [0.5, 0.6) is 0 Å². The van der Waals surface area contributed by atoms with E-state index in [1.165, 1.54) is 19.3 Å². The summed E-state index contributed by atoms with van der Waals surface area (Å²) in [5.41, 5.74) is 2.68. The van der Waals surface area contributed by atoms with E-state index in [2.05, 4.69) is 4.98 Å². The fourth-order valence-electron chi connectivity index (χ4n) is 2.73. The molecule has 1 atom stereocenters. The van der Waals surface area contributed by atoms with Gasteiger partial charge in [0.1, 0.15) is 0 Å². The zero-order valence-corrected chi connectivity index (χ0v) is 11.2. The molecule has 2 aliphatic rings. The second-order valence-electron chi connectivity index (χ2n) is 5.08. The molecule has 1 unspecified atom stereocenters. The van der Waals surface area contributed by atoms with Crippen molar-refractivity contribution in [2.45, 2.75) is 31.7 Å². The van der Waals surface area contributed by atoms with Gasteiger partial charge in [0.2, 0.25) is 5.91 Å². The monoisotopic (exact) mass is 266 g/mol. The predicted octanol–water partition coefficient (Wildman–Crippen LogP) is 1.71. The van der Waals surface area contributed by atoms with Gasteiger partial charge in [-0.1, -0.05) is 6.42 Å². The summed E-state index contributed by atoms with van der Waals surface area (Å²) in [6.07, 6.45) is 4.23. The molecule has 98 valence electrons. The van der Waals surface area contributed by atoms with Crippen LogP contribution in [0, 0.1) is 5.92 Å². The van der Waals surface area contributed by atoms with Crippen LogP contribution in [-0.4, -0.2) is 41.6 Å². The number of ether oxygens (including phenoxy) is 1. The minimum atomic E-state index is 0.209. The van der Waals surface area contributed by atoms with E-state index in [4.69, 9.17) is 4.74 Å². The summed E-state index contributed by atoms with van der Waals surface area (Å²) >= 11 is 1.54. The van der Waals surface area contributed by atoms with Gasteiger partial charge < -0.3 is 9.64 Å². The number of morpholine rings is 1. The Hall–Kier alpha value is -0.940. The van der Waals surface area contributed by atoms with Gasteiger partial charge in [0.25, 0.3) is 0 Å². The van der Waals surface area contributed by atoms with Crippen LogP contribution in [0.1, 0.15) is 25.0 Å². The van der Waals surface area contributed by atoms with Gasteiger partial charge in [-0.2, -0.15) is 0 Å². The van der Waals surface area contributed by atoms with Gasteiger partial charge in [0.15, 0.2) is 0 Å². The van der Waals surface area contributed by atoms with E-state index in [9.17, 15) is 4.79 Å². The lowest BCUT2D eigenvalue weighted by Crippen LogP contribution is -2.54. The number of amides is 1. The maximum absolute atomic E-state index is 12.4. The highest BCUT2D eigenvalue weighted by atomic mass is 32.1. The van der Waals surface area contributed by atoms with Gasteiger partial charge in [-0.25, -0.2) is 4.98 Å². The third-order valence-corrected chi connectivity index (χ3v) is 4.63. The molecular weight excluding hydrogens is 248 g/mol. The summed E-state index contributed by atoms with van der Waals surface area (Å²) < 4.78 is 5.55. The molecule has 0 spiro atoms. The standard InChI is InChI=1S/C13H18N2O2S/c16-13(6-11-8-18-9-14-11)15-4-5-17-7-12(15)10-2-1-3-10/h8-10,12H,1-7H2. The maximum atomic E-state index is 12.4. The largest absolute Gasteiger partial charge is 0.377 e. The highest BCUT2D eigenvalue weighted by Gasteiger charge is 2.36. The number of carbonyl (C=O) groups is 1. The molecule has 1 aliphatic heterocycles. The van der Waals surface area contributed by atoms with E-state index in [0.717, 1.165) is 12.2 Å². The van der Waals surface area contributed by atoms with Crippen LogP contribution in [0.2, 0.25) is 0 Å². The molecule has 5 heteroatoms. The first-order valence-corrected chi connectivity index (χ1v) is 7.53. The summed E-state index contributed by atoms with van der Waals surface area (Å²) in [6, 6.07) is 0.304. The second kappa shape index (κ2) is 5.36. The molecular formula is C13H18N2O2S. The van der Waals surface area contributed by atoms with Crippen molar-refractivity contribution in [2.75, 3.05) is 19.8 Å². The minimum absolute atomic E-state index is 0.209. The van der Waals surface area contributed by atoms with Crippen LogP contribution in [0.15, 0.2) is 10.9 Å². The average molecular weight is 266 g/mol. The molecule has 1 aromatic rings. The predicted molar refractivity (Wildman–Crippen MR) is 69.5 cm³/mol. The highest BCUT2D eigenvalue weighted by Crippen LogP contribution is 2.33. The molecule has 0 bridgehead atoms. The van der Waals surface area contributed by atoms with Crippen molar-refractivity contribution < 1.29 is 9.53 Å². The summed E-state index contributed by atoms with van der Waals surface area (Å²) in [5, 5.41) is 1.96. The molecule has 18 heavy (non-hydrogen) atoms. The topological polar surface area (TPSA) is 42.4 Å². The SMILES string of the molecule is O=C(Cc1cscn1)N1CCOCC1C1CCC1. The zero-order chi connectivity index (χ0) is 12.4. The summed E-state index contributed by atoms with van der Waals surface area (Å²) in [4.78, 5) is 18.6. The van der Waals surface area contributed by atoms with E-state index in [1.54, 1.807) is 16.8 Å². The molecule has 1 aliphatic carbocycles. The fourth-order valence-corrected chi connectivity index (χ4v) is 3.29. The summed E-state index contributed by atoms with van der Waals surface area (Å²) in [7, 11) is 0. The third-order valence-electron chi connectivity index (χ3n) is 4.00. The Morgan fingerprint density at radius 3 is 3.11 bits per heavy atom. The zero-order valence-electron chi connectivity index (χ0n) is 10.4. The number of hydrogen-bond donors (Lipinski definition) is 0. The molecule has 1 saturated carbocycles. The first-order chi connectivity index (χ1) is 8.84. The molecule has 1 amide bonds. The number of nitrogens with zero attached hydrogens (tertiary/aromatic N) is 2. The Bertz CT molecular complexity index is 403. The van der Waals surface area contributed by atoms with Crippen LogP contribution < -0.4 is 0 Å². The fraction of sp³-hybridized carbons (Fsp3) is 0.692. The summed E-state index contributed by atoms with van der Waals surface area (Å²) in [6.45, 7) is 2.13. The maximum Gasteiger partial charge on any atom is 0.229 e. The van der Waals surface area contributed by atoms with Crippen LogP contribution in [-0.2, 0) is 16.0 Å². The highest BCUT2D eigenvalue weighted by molar-refractivity contribution is 7.07.